The molecule has 2 aromatic carbocycles. The first kappa shape index (κ1) is 29.0. The van der Waals surface area contributed by atoms with Gasteiger partial charge in [-0.2, -0.15) is 4.98 Å². The second-order valence-corrected chi connectivity index (χ2v) is 11.5. The molecule has 1 atom stereocenters. The zero-order valence-corrected chi connectivity index (χ0v) is 25.1. The van der Waals surface area contributed by atoms with Crippen LogP contribution in [0.25, 0.3) is 38.8 Å². The van der Waals surface area contributed by atoms with Gasteiger partial charge in [-0.05, 0) is 60.4 Å². The second kappa shape index (κ2) is 11.2. The van der Waals surface area contributed by atoms with Crippen LogP contribution in [0.3, 0.4) is 0 Å². The maximum atomic E-state index is 16.3. The molecule has 0 unspecified atom stereocenters. The van der Waals surface area contributed by atoms with Crippen LogP contribution in [0, 0.1) is 17.9 Å². The second-order valence-electron chi connectivity index (χ2n) is 11.5. The fourth-order valence-electron chi connectivity index (χ4n) is 6.22. The van der Waals surface area contributed by atoms with Crippen molar-refractivity contribution in [3.8, 4) is 16.9 Å². The predicted molar refractivity (Wildman–Crippen MR) is 169 cm³/mol. The van der Waals surface area contributed by atoms with Crippen LogP contribution in [0.1, 0.15) is 37.9 Å². The van der Waals surface area contributed by atoms with Crippen molar-refractivity contribution in [3.63, 3.8) is 0 Å². The summed E-state index contributed by atoms with van der Waals surface area (Å²) in [4.78, 5) is 39.0. The maximum Gasteiger partial charge on any atom is 0.442 e. The average Bonchev–Trinajstić information content (AvgIpc) is 3.01. The van der Waals surface area contributed by atoms with Crippen LogP contribution in [0.15, 0.2) is 78.2 Å². The number of fused-ring (bicyclic) bond motifs is 2. The van der Waals surface area contributed by atoms with E-state index >= 15 is 4.39 Å². The average molecular weight is 593 g/mol. The Morgan fingerprint density at radius 2 is 1.89 bits per heavy atom. The van der Waals surface area contributed by atoms with Crippen molar-refractivity contribution in [3.05, 3.63) is 106 Å². The highest BCUT2D eigenvalue weighted by molar-refractivity contribution is 5.96. The van der Waals surface area contributed by atoms with Crippen molar-refractivity contribution >= 4 is 33.5 Å². The number of aryl methyl sites for hydroxylation is 1. The summed E-state index contributed by atoms with van der Waals surface area (Å²) in [5, 5.41) is 16.4. The summed E-state index contributed by atoms with van der Waals surface area (Å²) in [6.07, 6.45) is 2.94. The van der Waals surface area contributed by atoms with Crippen molar-refractivity contribution in [1.29, 1.82) is 0 Å². The molecule has 0 radical (unpaired) electrons. The third-order valence-electron chi connectivity index (χ3n) is 8.33. The van der Waals surface area contributed by atoms with E-state index < -0.39 is 11.5 Å². The monoisotopic (exact) mass is 592 g/mol. The standard InChI is InChI=1S/C34H33FN6O3/c1-6-28(42)38-16-17-39(22(5)19-38)32-26-18-27(35)31(25-13-9-11-23-10-7-8-12-24(23)25)41(44)33(26)40(34(43)37-32)30-21(4)14-15-36-29(30)20(2)3/h6-15,18,20,22H,1,16-17,19H2,2-5H3/t22-/m0/s1. The Morgan fingerprint density at radius 1 is 1.14 bits per heavy atom. The number of anilines is 1. The molecule has 0 N–H and O–H groups in total. The van der Waals surface area contributed by atoms with E-state index in [0.29, 0.717) is 46.7 Å². The molecule has 44 heavy (non-hydrogen) atoms. The summed E-state index contributed by atoms with van der Waals surface area (Å²) >= 11 is 0. The first-order valence-electron chi connectivity index (χ1n) is 14.6. The highest BCUT2D eigenvalue weighted by Crippen LogP contribution is 2.34. The zero-order chi connectivity index (χ0) is 31.3. The molecule has 3 aromatic heterocycles. The number of hydrogen-bond donors (Lipinski definition) is 0. The van der Waals surface area contributed by atoms with Crippen LogP contribution < -0.4 is 15.3 Å². The molecule has 6 rings (SSSR count). The summed E-state index contributed by atoms with van der Waals surface area (Å²) in [6.45, 7) is 12.3. The van der Waals surface area contributed by atoms with Crippen LogP contribution >= 0.6 is 0 Å². The first-order valence-corrected chi connectivity index (χ1v) is 14.6. The SMILES string of the molecule is C=CC(=O)N1CCN(c2nc(=O)n(-c3c(C)ccnc3C(C)C)c3c2cc(F)c(-c2cccc4ccccc24)[n+]3[O-])[C@@H](C)C1. The minimum absolute atomic E-state index is 0.0425. The number of hydrogen-bond acceptors (Lipinski definition) is 6. The first-order chi connectivity index (χ1) is 21.1. The third kappa shape index (κ3) is 4.67. The van der Waals surface area contributed by atoms with Crippen LogP contribution in [0.5, 0.6) is 0 Å². The molecule has 1 amide bonds. The van der Waals surface area contributed by atoms with Crippen LogP contribution in [-0.2, 0) is 4.79 Å². The van der Waals surface area contributed by atoms with E-state index in [1.54, 1.807) is 29.3 Å². The number of rotatable bonds is 5. The van der Waals surface area contributed by atoms with E-state index in [2.05, 4.69) is 16.5 Å². The lowest BCUT2D eigenvalue weighted by molar-refractivity contribution is -0.569. The number of nitrogens with zero attached hydrogens (tertiary/aromatic N) is 6. The molecule has 1 aliphatic rings. The Hall–Kier alpha value is -5.12. The Morgan fingerprint density at radius 3 is 2.61 bits per heavy atom. The van der Waals surface area contributed by atoms with Gasteiger partial charge in [0.15, 0.2) is 23.0 Å². The highest BCUT2D eigenvalue weighted by Gasteiger charge is 2.34. The van der Waals surface area contributed by atoms with Gasteiger partial charge in [0, 0.05) is 37.4 Å². The number of piperazine rings is 1. The van der Waals surface area contributed by atoms with E-state index in [1.165, 1.54) is 16.7 Å². The Kier molecular flexibility index (Phi) is 7.36. The van der Waals surface area contributed by atoms with Crippen molar-refractivity contribution in [2.75, 3.05) is 24.5 Å². The lowest BCUT2D eigenvalue weighted by Gasteiger charge is -2.40. The molecule has 0 aliphatic carbocycles. The van der Waals surface area contributed by atoms with Crippen LogP contribution in [0.4, 0.5) is 10.2 Å². The van der Waals surface area contributed by atoms with Crippen molar-refractivity contribution in [2.24, 2.45) is 0 Å². The molecule has 224 valence electrons. The van der Waals surface area contributed by atoms with Gasteiger partial charge in [-0.15, -0.1) is 4.57 Å². The molecule has 9 nitrogen and oxygen atoms in total. The summed E-state index contributed by atoms with van der Waals surface area (Å²) in [5.74, 6) is -0.821. The number of aromatic nitrogens is 4. The van der Waals surface area contributed by atoms with E-state index in [-0.39, 0.29) is 40.4 Å². The molecule has 1 aliphatic heterocycles. The lowest BCUT2D eigenvalue weighted by atomic mass is 10.0. The van der Waals surface area contributed by atoms with Gasteiger partial charge in [0.2, 0.25) is 5.91 Å². The summed E-state index contributed by atoms with van der Waals surface area (Å²) in [7, 11) is 0. The van der Waals surface area contributed by atoms with Gasteiger partial charge in [0.25, 0.3) is 0 Å². The molecular formula is C34H33FN6O3. The third-order valence-corrected chi connectivity index (χ3v) is 8.33. The molecule has 0 spiro atoms. The minimum Gasteiger partial charge on any atom is -0.710 e. The number of carbonyl (C=O) groups is 1. The Labute approximate surface area is 254 Å². The van der Waals surface area contributed by atoms with Gasteiger partial charge in [0.1, 0.15) is 5.39 Å². The number of halogens is 1. The van der Waals surface area contributed by atoms with Gasteiger partial charge in [0.05, 0.1) is 5.69 Å². The fraction of sp³-hybridized carbons (Fsp3) is 0.265. The quantitative estimate of drug-likeness (QED) is 0.161. The van der Waals surface area contributed by atoms with Gasteiger partial charge in [-0.25, -0.2) is 13.9 Å². The maximum absolute atomic E-state index is 16.3. The Balaban J connectivity index is 1.70. The molecule has 4 heterocycles. The molecule has 0 bridgehead atoms. The van der Waals surface area contributed by atoms with Gasteiger partial charge in [-0.1, -0.05) is 56.8 Å². The molecule has 5 aromatic rings. The van der Waals surface area contributed by atoms with Crippen molar-refractivity contribution in [1.82, 2.24) is 19.4 Å². The molecule has 0 saturated carbocycles. The fourth-order valence-corrected chi connectivity index (χ4v) is 6.22. The van der Waals surface area contributed by atoms with Gasteiger partial charge >= 0.3 is 11.3 Å². The molecule has 10 heteroatoms. The number of amides is 1. The highest BCUT2D eigenvalue weighted by atomic mass is 19.1. The molecule has 1 fully saturated rings. The summed E-state index contributed by atoms with van der Waals surface area (Å²) in [6, 6.07) is 15.6. The van der Waals surface area contributed by atoms with Gasteiger partial charge in [-0.3, -0.25) is 9.78 Å². The van der Waals surface area contributed by atoms with Crippen LogP contribution in [-0.4, -0.2) is 51.0 Å². The summed E-state index contributed by atoms with van der Waals surface area (Å²) < 4.78 is 18.1. The molecule has 1 saturated heterocycles. The van der Waals surface area contributed by atoms with Crippen molar-refractivity contribution in [2.45, 2.75) is 39.7 Å². The topological polar surface area (TPSA) is 98.3 Å². The normalized spacial score (nSPS) is 15.4. The minimum atomic E-state index is -0.739. The number of carbonyl (C=O) groups excluding carboxylic acids is 1. The number of pyridine rings is 2. The lowest BCUT2D eigenvalue weighted by Crippen LogP contribution is -2.54. The van der Waals surface area contributed by atoms with Crippen molar-refractivity contribution < 1.29 is 13.9 Å². The van der Waals surface area contributed by atoms with E-state index in [1.807, 2.05) is 62.9 Å². The Bertz CT molecular complexity index is 2020. The van der Waals surface area contributed by atoms with E-state index in [9.17, 15) is 14.8 Å². The predicted octanol–water partition coefficient (Wildman–Crippen LogP) is 5.03. The largest absolute Gasteiger partial charge is 0.710 e. The summed E-state index contributed by atoms with van der Waals surface area (Å²) in [5.41, 5.74) is 1.28. The number of benzene rings is 2. The van der Waals surface area contributed by atoms with Gasteiger partial charge < -0.3 is 15.0 Å². The van der Waals surface area contributed by atoms with E-state index in [0.717, 1.165) is 10.9 Å². The van der Waals surface area contributed by atoms with E-state index in [4.69, 9.17) is 0 Å². The zero-order valence-electron chi connectivity index (χ0n) is 25.1. The van der Waals surface area contributed by atoms with Crippen LogP contribution in [0.2, 0.25) is 0 Å². The smallest absolute Gasteiger partial charge is 0.442 e. The molecular weight excluding hydrogens is 559 g/mol.